The van der Waals surface area contributed by atoms with Gasteiger partial charge in [0.15, 0.2) is 0 Å². The second-order valence-electron chi connectivity index (χ2n) is 5.18. The van der Waals surface area contributed by atoms with Crippen LogP contribution in [0.3, 0.4) is 0 Å². The SMILES string of the molecule is CC(C)(C)c1cc(N)c2cc(Cl)ccc2c1. The van der Waals surface area contributed by atoms with Crippen molar-refractivity contribution in [3.05, 3.63) is 40.9 Å². The molecule has 0 atom stereocenters. The summed E-state index contributed by atoms with van der Waals surface area (Å²) in [6.07, 6.45) is 0. The van der Waals surface area contributed by atoms with Crippen LogP contribution in [0.1, 0.15) is 26.3 Å². The van der Waals surface area contributed by atoms with Crippen LogP contribution in [0, 0.1) is 0 Å². The first-order chi connectivity index (χ1) is 7.38. The van der Waals surface area contributed by atoms with E-state index in [-0.39, 0.29) is 5.41 Å². The van der Waals surface area contributed by atoms with E-state index in [0.29, 0.717) is 0 Å². The molecule has 2 heteroatoms. The summed E-state index contributed by atoms with van der Waals surface area (Å²) in [6, 6.07) is 10.1. The lowest BCUT2D eigenvalue weighted by molar-refractivity contribution is 0.591. The first kappa shape index (κ1) is 11.3. The van der Waals surface area contributed by atoms with Gasteiger partial charge in [-0.05, 0) is 34.6 Å². The minimum Gasteiger partial charge on any atom is -0.398 e. The number of hydrogen-bond acceptors (Lipinski definition) is 1. The summed E-state index contributed by atoms with van der Waals surface area (Å²) in [6.45, 7) is 6.55. The van der Waals surface area contributed by atoms with Crippen molar-refractivity contribution in [1.82, 2.24) is 0 Å². The zero-order chi connectivity index (χ0) is 11.9. The highest BCUT2D eigenvalue weighted by atomic mass is 35.5. The van der Waals surface area contributed by atoms with E-state index in [1.54, 1.807) is 0 Å². The summed E-state index contributed by atoms with van der Waals surface area (Å²) in [5.74, 6) is 0. The predicted molar refractivity (Wildman–Crippen MR) is 72.1 cm³/mol. The highest BCUT2D eigenvalue weighted by molar-refractivity contribution is 6.31. The molecule has 0 aliphatic carbocycles. The first-order valence-electron chi connectivity index (χ1n) is 5.37. The van der Waals surface area contributed by atoms with Gasteiger partial charge in [-0.2, -0.15) is 0 Å². The summed E-state index contributed by atoms with van der Waals surface area (Å²) in [5.41, 5.74) is 8.22. The average Bonchev–Trinajstić information content (AvgIpc) is 2.17. The van der Waals surface area contributed by atoms with Gasteiger partial charge in [-0.25, -0.2) is 0 Å². The number of nitrogens with two attached hydrogens (primary N) is 1. The molecule has 0 fully saturated rings. The van der Waals surface area contributed by atoms with Crippen LogP contribution in [-0.4, -0.2) is 0 Å². The van der Waals surface area contributed by atoms with E-state index in [2.05, 4.69) is 26.8 Å². The van der Waals surface area contributed by atoms with Crippen LogP contribution in [0.15, 0.2) is 30.3 Å². The van der Waals surface area contributed by atoms with E-state index in [4.69, 9.17) is 17.3 Å². The summed E-state index contributed by atoms with van der Waals surface area (Å²) in [4.78, 5) is 0. The Morgan fingerprint density at radius 2 is 1.75 bits per heavy atom. The Morgan fingerprint density at radius 3 is 2.38 bits per heavy atom. The molecule has 2 aromatic carbocycles. The number of fused-ring (bicyclic) bond motifs is 1. The molecule has 0 aromatic heterocycles. The molecule has 0 amide bonds. The third-order valence-corrected chi connectivity index (χ3v) is 3.05. The van der Waals surface area contributed by atoms with Gasteiger partial charge in [-0.1, -0.05) is 44.5 Å². The lowest BCUT2D eigenvalue weighted by Crippen LogP contribution is -2.11. The van der Waals surface area contributed by atoms with Gasteiger partial charge >= 0.3 is 0 Å². The molecule has 1 nitrogen and oxygen atoms in total. The van der Waals surface area contributed by atoms with Crippen LogP contribution < -0.4 is 5.73 Å². The Morgan fingerprint density at radius 1 is 1.06 bits per heavy atom. The zero-order valence-corrected chi connectivity index (χ0v) is 10.6. The molecule has 2 N–H and O–H groups in total. The molecule has 16 heavy (non-hydrogen) atoms. The number of halogens is 1. The lowest BCUT2D eigenvalue weighted by Gasteiger charge is -2.20. The fraction of sp³-hybridized carbons (Fsp3) is 0.286. The molecule has 0 aliphatic rings. The van der Waals surface area contributed by atoms with Crippen LogP contribution in [0.4, 0.5) is 5.69 Å². The lowest BCUT2D eigenvalue weighted by atomic mass is 9.85. The largest absolute Gasteiger partial charge is 0.398 e. The molecular formula is C14H16ClN. The number of nitrogen functional groups attached to an aromatic ring is 1. The highest BCUT2D eigenvalue weighted by Crippen LogP contribution is 2.31. The van der Waals surface area contributed by atoms with Gasteiger partial charge in [0.2, 0.25) is 0 Å². The number of anilines is 1. The van der Waals surface area contributed by atoms with Gasteiger partial charge in [0.25, 0.3) is 0 Å². The maximum atomic E-state index is 6.06. The summed E-state index contributed by atoms with van der Waals surface area (Å²) >= 11 is 5.96. The van der Waals surface area contributed by atoms with E-state index in [9.17, 15) is 0 Å². The molecule has 0 bridgehead atoms. The van der Waals surface area contributed by atoms with Gasteiger partial charge in [0, 0.05) is 16.1 Å². The average molecular weight is 234 g/mol. The molecule has 0 saturated heterocycles. The second kappa shape index (κ2) is 3.67. The van der Waals surface area contributed by atoms with Crippen molar-refractivity contribution in [2.24, 2.45) is 0 Å². The second-order valence-corrected chi connectivity index (χ2v) is 5.62. The van der Waals surface area contributed by atoms with Crippen molar-refractivity contribution < 1.29 is 0 Å². The molecule has 84 valence electrons. The normalized spacial score (nSPS) is 12.0. The molecule has 0 aliphatic heterocycles. The van der Waals surface area contributed by atoms with E-state index < -0.39 is 0 Å². The van der Waals surface area contributed by atoms with Gasteiger partial charge in [0.05, 0.1) is 0 Å². The standard InChI is InChI=1S/C14H16ClN/c1-14(2,3)10-6-9-4-5-11(15)8-12(9)13(16)7-10/h4-8H,16H2,1-3H3. The molecular weight excluding hydrogens is 218 g/mol. The molecule has 0 heterocycles. The number of benzene rings is 2. The minimum absolute atomic E-state index is 0.113. The zero-order valence-electron chi connectivity index (χ0n) is 9.84. The van der Waals surface area contributed by atoms with Crippen molar-refractivity contribution in [2.45, 2.75) is 26.2 Å². The van der Waals surface area contributed by atoms with Crippen molar-refractivity contribution in [2.75, 3.05) is 5.73 Å². The fourth-order valence-corrected chi connectivity index (χ4v) is 1.96. The monoisotopic (exact) mass is 233 g/mol. The van der Waals surface area contributed by atoms with Crippen molar-refractivity contribution >= 4 is 28.1 Å². The Balaban J connectivity index is 2.74. The molecule has 0 spiro atoms. The highest BCUT2D eigenvalue weighted by Gasteiger charge is 2.15. The van der Waals surface area contributed by atoms with Gasteiger partial charge in [-0.15, -0.1) is 0 Å². The van der Waals surface area contributed by atoms with Crippen LogP contribution in [0.2, 0.25) is 5.02 Å². The third kappa shape index (κ3) is 2.00. The number of rotatable bonds is 0. The predicted octanol–water partition coefficient (Wildman–Crippen LogP) is 4.37. The minimum atomic E-state index is 0.113. The van der Waals surface area contributed by atoms with Crippen LogP contribution >= 0.6 is 11.6 Å². The van der Waals surface area contributed by atoms with Crippen molar-refractivity contribution in [1.29, 1.82) is 0 Å². The van der Waals surface area contributed by atoms with E-state index in [1.807, 2.05) is 24.3 Å². The first-order valence-corrected chi connectivity index (χ1v) is 5.75. The molecule has 0 radical (unpaired) electrons. The summed E-state index contributed by atoms with van der Waals surface area (Å²) in [5, 5.41) is 2.90. The topological polar surface area (TPSA) is 26.0 Å². The molecule has 0 unspecified atom stereocenters. The van der Waals surface area contributed by atoms with E-state index in [1.165, 1.54) is 5.56 Å². The van der Waals surface area contributed by atoms with E-state index >= 15 is 0 Å². The Bertz CT molecular complexity index is 538. The van der Waals surface area contributed by atoms with Crippen molar-refractivity contribution in [3.63, 3.8) is 0 Å². The maximum absolute atomic E-state index is 6.06. The molecule has 0 saturated carbocycles. The maximum Gasteiger partial charge on any atom is 0.0413 e. The van der Waals surface area contributed by atoms with Crippen LogP contribution in [0.5, 0.6) is 0 Å². The Kier molecular flexibility index (Phi) is 2.59. The van der Waals surface area contributed by atoms with Gasteiger partial charge < -0.3 is 5.73 Å². The van der Waals surface area contributed by atoms with Gasteiger partial charge in [-0.3, -0.25) is 0 Å². The van der Waals surface area contributed by atoms with Gasteiger partial charge in [0.1, 0.15) is 0 Å². The number of hydrogen-bond donors (Lipinski definition) is 1. The quantitative estimate of drug-likeness (QED) is 0.672. The van der Waals surface area contributed by atoms with Crippen LogP contribution in [-0.2, 0) is 5.41 Å². The Labute approximate surface area is 101 Å². The van der Waals surface area contributed by atoms with Crippen LogP contribution in [0.25, 0.3) is 10.8 Å². The molecule has 2 rings (SSSR count). The Hall–Kier alpha value is -1.21. The third-order valence-electron chi connectivity index (χ3n) is 2.81. The molecule has 2 aromatic rings. The fourth-order valence-electron chi connectivity index (χ4n) is 1.79. The van der Waals surface area contributed by atoms with E-state index in [0.717, 1.165) is 21.5 Å². The summed E-state index contributed by atoms with van der Waals surface area (Å²) in [7, 11) is 0. The van der Waals surface area contributed by atoms with Crippen molar-refractivity contribution in [3.8, 4) is 0 Å². The summed E-state index contributed by atoms with van der Waals surface area (Å²) < 4.78 is 0. The smallest absolute Gasteiger partial charge is 0.0413 e.